The maximum atomic E-state index is 12.6. The molecule has 0 fully saturated rings. The van der Waals surface area contributed by atoms with Gasteiger partial charge in [0.2, 0.25) is 0 Å². The number of rotatable bonds is 14. The van der Waals surface area contributed by atoms with E-state index in [4.69, 9.17) is 19.9 Å². The van der Waals surface area contributed by atoms with Crippen LogP contribution in [0, 0.1) is 6.92 Å². The van der Waals surface area contributed by atoms with Gasteiger partial charge in [0, 0.05) is 41.5 Å². The third-order valence-electron chi connectivity index (χ3n) is 8.71. The second-order valence-electron chi connectivity index (χ2n) is 12.7. The lowest BCUT2D eigenvalue weighted by Gasteiger charge is -2.12. The molecule has 0 aromatic heterocycles. The van der Waals surface area contributed by atoms with E-state index in [2.05, 4.69) is 36.0 Å². The van der Waals surface area contributed by atoms with Gasteiger partial charge in [-0.1, -0.05) is 12.1 Å². The molecule has 0 radical (unpaired) electrons. The van der Waals surface area contributed by atoms with E-state index in [0.717, 1.165) is 5.56 Å². The van der Waals surface area contributed by atoms with Crippen LogP contribution < -0.4 is 25.3 Å². The summed E-state index contributed by atoms with van der Waals surface area (Å²) in [5.74, 6) is 0.0483. The number of azo groups is 3. The molecule has 0 saturated heterocycles. The Labute approximate surface area is 338 Å². The average Bonchev–Trinajstić information content (AvgIpc) is 3.21. The molecule has 0 aliphatic carbocycles. The highest BCUT2D eigenvalue weighted by atomic mass is 32.2. The largest absolute Gasteiger partial charge is 0.505 e. The van der Waals surface area contributed by atoms with Gasteiger partial charge in [-0.05, 0) is 90.2 Å². The number of methoxy groups -OCH3 is 3. The Morgan fingerprint density at radius 1 is 0.627 bits per heavy atom. The molecule has 6 aromatic rings. The van der Waals surface area contributed by atoms with Crippen LogP contribution in [0.4, 0.5) is 45.5 Å². The summed E-state index contributed by atoms with van der Waals surface area (Å²) < 4.78 is 83.7. The number of hydrogen-bond acceptors (Lipinski definition) is 16. The Kier molecular flexibility index (Phi) is 12.2. The summed E-state index contributed by atoms with van der Waals surface area (Å²) in [5, 5.41) is 40.3. The highest BCUT2D eigenvalue weighted by Crippen LogP contribution is 2.45. The highest BCUT2D eigenvalue weighted by molar-refractivity contribution is 7.86. The third kappa shape index (κ3) is 9.76. The summed E-state index contributed by atoms with van der Waals surface area (Å²) in [6, 6.07) is 24.7. The summed E-state index contributed by atoms with van der Waals surface area (Å²) in [4.78, 5) is -0.952. The predicted octanol–water partition coefficient (Wildman–Crippen LogP) is 9.81. The quantitative estimate of drug-likeness (QED) is 0.0389. The van der Waals surface area contributed by atoms with Crippen molar-refractivity contribution in [2.45, 2.75) is 23.3 Å². The van der Waals surface area contributed by atoms with Crippen molar-refractivity contribution in [1.82, 2.24) is 0 Å². The Hall–Kier alpha value is -7.00. The van der Waals surface area contributed by atoms with Gasteiger partial charge >= 0.3 is 0 Å². The molecule has 0 saturated carbocycles. The molecule has 20 heteroatoms. The monoisotopic (exact) mass is 840 g/mol. The van der Waals surface area contributed by atoms with Gasteiger partial charge in [-0.25, -0.2) is 0 Å². The van der Waals surface area contributed by atoms with Crippen molar-refractivity contribution in [1.29, 1.82) is 0 Å². The molecule has 18 nitrogen and oxygen atoms in total. The number of aryl methyl sites for hydroxylation is 1. The van der Waals surface area contributed by atoms with Crippen LogP contribution in [0.25, 0.3) is 10.8 Å². The van der Waals surface area contributed by atoms with E-state index in [1.807, 2.05) is 12.1 Å². The fraction of sp³-hybridized carbons (Fsp3) is 0.128. The number of hydrogen-bond donors (Lipinski definition) is 5. The number of ether oxygens (including phenoxy) is 3. The number of anilines is 2. The zero-order valence-corrected chi connectivity index (χ0v) is 33.4. The first-order valence-corrected chi connectivity index (χ1v) is 20.1. The van der Waals surface area contributed by atoms with E-state index < -0.39 is 36.6 Å². The molecule has 0 amide bonds. The maximum absolute atomic E-state index is 12.6. The van der Waals surface area contributed by atoms with Crippen molar-refractivity contribution in [3.63, 3.8) is 0 Å². The molecule has 0 unspecified atom stereocenters. The summed E-state index contributed by atoms with van der Waals surface area (Å²) in [5.41, 5.74) is 9.45. The highest BCUT2D eigenvalue weighted by Gasteiger charge is 2.23. The number of phenolic OH excluding ortho intramolecular Hbond substituents is 1. The third-order valence-corrected chi connectivity index (χ3v) is 10.4. The summed E-state index contributed by atoms with van der Waals surface area (Å²) in [6.07, 6.45) is 0. The average molecular weight is 841 g/mol. The summed E-state index contributed by atoms with van der Waals surface area (Å²) in [7, 11) is -5.08. The normalized spacial score (nSPS) is 12.2. The molecular weight excluding hydrogens is 805 g/mol. The number of nitrogens with one attached hydrogen (secondary N) is 1. The zero-order valence-electron chi connectivity index (χ0n) is 31.7. The van der Waals surface area contributed by atoms with Crippen LogP contribution >= 0.6 is 0 Å². The van der Waals surface area contributed by atoms with Gasteiger partial charge in [-0.3, -0.25) is 9.11 Å². The molecule has 0 aliphatic heterocycles. The van der Waals surface area contributed by atoms with Crippen molar-refractivity contribution < 1.29 is 45.3 Å². The molecule has 6 N–H and O–H groups in total. The lowest BCUT2D eigenvalue weighted by atomic mass is 10.1. The molecule has 6 aromatic carbocycles. The van der Waals surface area contributed by atoms with Crippen LogP contribution in [-0.2, 0) is 26.8 Å². The SMILES string of the molecule is COc1cc(N=Nc2ccc(S(=O)(=O)O)cc2)c(C)cc1N=Nc1cc(OC)c(N=Nc2c(S(=O)(=O)O)cc3cc(NCc4ccc(N)cc4)ccc3c2O)cc1OC. The van der Waals surface area contributed by atoms with Crippen LogP contribution in [-0.4, -0.2) is 52.4 Å². The van der Waals surface area contributed by atoms with E-state index >= 15 is 0 Å². The van der Waals surface area contributed by atoms with Gasteiger partial charge in [0.15, 0.2) is 5.75 Å². The number of fused-ring (bicyclic) bond motifs is 1. The van der Waals surface area contributed by atoms with Crippen molar-refractivity contribution in [2.75, 3.05) is 32.4 Å². The van der Waals surface area contributed by atoms with Gasteiger partial charge in [0.1, 0.15) is 44.9 Å². The van der Waals surface area contributed by atoms with Crippen LogP contribution in [0.2, 0.25) is 0 Å². The minimum Gasteiger partial charge on any atom is -0.505 e. The molecule has 6 rings (SSSR count). The van der Waals surface area contributed by atoms with Gasteiger partial charge in [-0.2, -0.15) is 27.1 Å². The first-order valence-electron chi connectivity index (χ1n) is 17.2. The minimum atomic E-state index is -4.90. The fourth-order valence-corrected chi connectivity index (χ4v) is 6.77. The number of nitrogens with zero attached hydrogens (tertiary/aromatic N) is 6. The number of aromatic hydroxyl groups is 1. The van der Waals surface area contributed by atoms with Crippen LogP contribution in [0.3, 0.4) is 0 Å². The Morgan fingerprint density at radius 3 is 1.73 bits per heavy atom. The van der Waals surface area contributed by atoms with Crippen molar-refractivity contribution >= 4 is 76.5 Å². The van der Waals surface area contributed by atoms with Crippen LogP contribution in [0.15, 0.2) is 138 Å². The van der Waals surface area contributed by atoms with Crippen LogP contribution in [0.1, 0.15) is 11.1 Å². The van der Waals surface area contributed by atoms with Gasteiger partial charge in [-0.15, -0.1) is 20.5 Å². The number of phenols is 1. The van der Waals surface area contributed by atoms with Crippen LogP contribution in [0.5, 0.6) is 23.0 Å². The Balaban J connectivity index is 1.27. The predicted molar refractivity (Wildman–Crippen MR) is 220 cm³/mol. The van der Waals surface area contributed by atoms with Gasteiger partial charge in [0.25, 0.3) is 20.2 Å². The molecule has 0 atom stereocenters. The zero-order chi connectivity index (χ0) is 42.5. The first kappa shape index (κ1) is 41.6. The molecule has 0 aliphatic rings. The number of nitrogen functional groups attached to an aromatic ring is 1. The topological polar surface area (TPSA) is 269 Å². The van der Waals surface area contributed by atoms with Gasteiger partial charge in [0.05, 0.1) is 37.6 Å². The smallest absolute Gasteiger partial charge is 0.296 e. The number of benzene rings is 6. The maximum Gasteiger partial charge on any atom is 0.296 e. The van der Waals surface area contributed by atoms with Gasteiger partial charge < -0.3 is 30.4 Å². The minimum absolute atomic E-state index is 0.0575. The molecule has 0 spiro atoms. The van der Waals surface area contributed by atoms with E-state index in [9.17, 15) is 31.0 Å². The second-order valence-corrected chi connectivity index (χ2v) is 15.5. The van der Waals surface area contributed by atoms with Crippen molar-refractivity contribution in [3.8, 4) is 23.0 Å². The fourth-order valence-electron chi connectivity index (χ4n) is 5.64. The molecule has 304 valence electrons. The molecular formula is C39H36N8O10S2. The Morgan fingerprint density at radius 2 is 1.17 bits per heavy atom. The lowest BCUT2D eigenvalue weighted by Crippen LogP contribution is -2.01. The second kappa shape index (κ2) is 17.2. The van der Waals surface area contributed by atoms with E-state index in [0.29, 0.717) is 51.7 Å². The molecule has 0 bridgehead atoms. The van der Waals surface area contributed by atoms with E-state index in [1.54, 1.807) is 49.4 Å². The lowest BCUT2D eigenvalue weighted by molar-refractivity contribution is 0.404. The summed E-state index contributed by atoms with van der Waals surface area (Å²) >= 11 is 0. The van der Waals surface area contributed by atoms with Crippen molar-refractivity contribution in [3.05, 3.63) is 108 Å². The standard InChI is InChI=1S/C39H36N8O10S2/c1-22-15-31(34(55-2)18-30(22)43-42-26-9-12-28(13-10-26)58(49,50)51)44-45-32-19-36(57-4)33(20-35(32)56-3)46-47-38-37(59(52,53)54)17-24-16-27(11-14-29(24)39(38)48)41-21-23-5-7-25(40)8-6-23/h5-20,41,48H,21,40H2,1-4H3,(H,49,50,51)(H,52,53,54). The van der Waals surface area contributed by atoms with E-state index in [-0.39, 0.29) is 33.2 Å². The molecule has 59 heavy (non-hydrogen) atoms. The first-order chi connectivity index (χ1) is 28.1. The number of nitrogens with two attached hydrogens (primary N) is 1. The van der Waals surface area contributed by atoms with E-state index in [1.165, 1.54) is 63.8 Å². The van der Waals surface area contributed by atoms with Crippen molar-refractivity contribution in [2.24, 2.45) is 30.7 Å². The molecule has 0 heterocycles. The Bertz CT molecular complexity index is 2870. The summed E-state index contributed by atoms with van der Waals surface area (Å²) in [6.45, 7) is 2.21.